The molecular formula is C16H17FN2S2. The first-order chi connectivity index (χ1) is 10.1. The van der Waals surface area contributed by atoms with Crippen molar-refractivity contribution in [2.75, 3.05) is 17.7 Å². The van der Waals surface area contributed by atoms with E-state index in [1.165, 1.54) is 6.07 Å². The second kappa shape index (κ2) is 6.91. The maximum absolute atomic E-state index is 14.0. The summed E-state index contributed by atoms with van der Waals surface area (Å²) in [5.41, 5.74) is 8.00. The van der Waals surface area contributed by atoms with E-state index in [1.54, 1.807) is 34.9 Å². The van der Waals surface area contributed by atoms with Crippen LogP contribution in [0.2, 0.25) is 0 Å². The van der Waals surface area contributed by atoms with Gasteiger partial charge in [0, 0.05) is 17.5 Å². The molecule has 0 saturated heterocycles. The first kappa shape index (κ1) is 15.8. The van der Waals surface area contributed by atoms with Gasteiger partial charge in [-0.25, -0.2) is 4.39 Å². The molecule has 0 radical (unpaired) electrons. The van der Waals surface area contributed by atoms with Crippen LogP contribution >= 0.6 is 24.0 Å². The fourth-order valence-electron chi connectivity index (χ4n) is 2.18. The van der Waals surface area contributed by atoms with Gasteiger partial charge in [0.1, 0.15) is 10.8 Å². The SMILES string of the molecule is CCSc1cccc(N(C)c2ccccc2F)c1C(N)=S. The minimum atomic E-state index is -0.276. The van der Waals surface area contributed by atoms with Crippen LogP contribution in [0.25, 0.3) is 0 Å². The van der Waals surface area contributed by atoms with E-state index in [-0.39, 0.29) is 5.82 Å². The Balaban J connectivity index is 2.55. The average Bonchev–Trinajstić information content (AvgIpc) is 2.47. The molecule has 2 nitrogen and oxygen atoms in total. The summed E-state index contributed by atoms with van der Waals surface area (Å²) in [4.78, 5) is 3.12. The van der Waals surface area contributed by atoms with Crippen molar-refractivity contribution in [3.05, 3.63) is 53.8 Å². The van der Waals surface area contributed by atoms with E-state index in [1.807, 2.05) is 25.2 Å². The number of anilines is 2. The van der Waals surface area contributed by atoms with Crippen LogP contribution in [0.15, 0.2) is 47.4 Å². The lowest BCUT2D eigenvalue weighted by Gasteiger charge is -2.24. The number of nitrogens with zero attached hydrogens (tertiary/aromatic N) is 1. The molecule has 0 aliphatic heterocycles. The molecule has 0 saturated carbocycles. The summed E-state index contributed by atoms with van der Waals surface area (Å²) >= 11 is 6.87. The summed E-state index contributed by atoms with van der Waals surface area (Å²) in [6.45, 7) is 2.07. The third-order valence-electron chi connectivity index (χ3n) is 3.13. The fourth-order valence-corrected chi connectivity index (χ4v) is 3.30. The van der Waals surface area contributed by atoms with Crippen LogP contribution in [-0.2, 0) is 0 Å². The lowest BCUT2D eigenvalue weighted by atomic mass is 10.1. The van der Waals surface area contributed by atoms with Gasteiger partial charge in [-0.05, 0) is 30.0 Å². The highest BCUT2D eigenvalue weighted by molar-refractivity contribution is 7.99. The van der Waals surface area contributed by atoms with Crippen LogP contribution in [0.3, 0.4) is 0 Å². The van der Waals surface area contributed by atoms with Crippen molar-refractivity contribution in [1.82, 2.24) is 0 Å². The minimum Gasteiger partial charge on any atom is -0.389 e. The van der Waals surface area contributed by atoms with Gasteiger partial charge in [0.15, 0.2) is 0 Å². The number of para-hydroxylation sites is 1. The predicted molar refractivity (Wildman–Crippen MR) is 93.2 cm³/mol. The van der Waals surface area contributed by atoms with Crippen LogP contribution in [0.1, 0.15) is 12.5 Å². The van der Waals surface area contributed by atoms with Gasteiger partial charge in [-0.3, -0.25) is 0 Å². The normalized spacial score (nSPS) is 10.4. The van der Waals surface area contributed by atoms with E-state index in [4.69, 9.17) is 18.0 Å². The largest absolute Gasteiger partial charge is 0.389 e. The Morgan fingerprint density at radius 3 is 2.48 bits per heavy atom. The van der Waals surface area contributed by atoms with E-state index in [2.05, 4.69) is 6.92 Å². The number of thiocarbonyl (C=S) groups is 1. The Hall–Kier alpha value is -1.59. The standard InChI is InChI=1S/C16H17FN2S2/c1-3-21-14-10-6-9-13(15(14)16(18)20)19(2)12-8-5-4-7-11(12)17/h4-10H,3H2,1-2H3,(H2,18,20). The lowest BCUT2D eigenvalue weighted by Crippen LogP contribution is -2.19. The molecule has 2 aromatic rings. The number of halogens is 1. The average molecular weight is 320 g/mol. The molecule has 2 N–H and O–H groups in total. The molecule has 5 heteroatoms. The third-order valence-corrected chi connectivity index (χ3v) is 4.27. The zero-order valence-corrected chi connectivity index (χ0v) is 13.6. The first-order valence-corrected chi connectivity index (χ1v) is 7.99. The Morgan fingerprint density at radius 1 is 1.19 bits per heavy atom. The fraction of sp³-hybridized carbons (Fsp3) is 0.188. The van der Waals surface area contributed by atoms with Crippen molar-refractivity contribution in [1.29, 1.82) is 0 Å². The Kier molecular flexibility index (Phi) is 5.20. The van der Waals surface area contributed by atoms with E-state index in [0.717, 1.165) is 21.9 Å². The van der Waals surface area contributed by atoms with Gasteiger partial charge in [-0.15, -0.1) is 11.8 Å². The predicted octanol–water partition coefficient (Wildman–Crippen LogP) is 4.34. The van der Waals surface area contributed by atoms with Crippen LogP contribution in [0, 0.1) is 5.82 Å². The molecule has 2 rings (SSSR count). The quantitative estimate of drug-likeness (QED) is 0.655. The highest BCUT2D eigenvalue weighted by Crippen LogP contribution is 2.34. The molecule has 0 unspecified atom stereocenters. The van der Waals surface area contributed by atoms with E-state index in [9.17, 15) is 4.39 Å². The van der Waals surface area contributed by atoms with Crippen LogP contribution in [0.4, 0.5) is 15.8 Å². The van der Waals surface area contributed by atoms with Crippen molar-refractivity contribution < 1.29 is 4.39 Å². The smallest absolute Gasteiger partial charge is 0.146 e. The molecule has 0 bridgehead atoms. The topological polar surface area (TPSA) is 29.3 Å². The molecule has 0 spiro atoms. The maximum atomic E-state index is 14.0. The zero-order valence-electron chi connectivity index (χ0n) is 12.0. The second-order valence-electron chi connectivity index (χ2n) is 4.46. The van der Waals surface area contributed by atoms with Gasteiger partial charge in [0.2, 0.25) is 0 Å². The molecule has 0 amide bonds. The van der Waals surface area contributed by atoms with Crippen LogP contribution < -0.4 is 10.6 Å². The molecule has 2 aromatic carbocycles. The highest BCUT2D eigenvalue weighted by Gasteiger charge is 2.17. The summed E-state index contributed by atoms with van der Waals surface area (Å²) < 4.78 is 14.0. The number of thioether (sulfide) groups is 1. The van der Waals surface area contributed by atoms with Gasteiger partial charge in [0.25, 0.3) is 0 Å². The zero-order chi connectivity index (χ0) is 15.4. The number of rotatable bonds is 5. The number of benzene rings is 2. The van der Waals surface area contributed by atoms with Crippen molar-refractivity contribution >= 4 is 40.3 Å². The number of hydrogen-bond donors (Lipinski definition) is 1. The molecule has 0 aliphatic rings. The second-order valence-corrected chi connectivity index (χ2v) is 6.20. The monoisotopic (exact) mass is 320 g/mol. The molecule has 110 valence electrons. The van der Waals surface area contributed by atoms with Crippen molar-refractivity contribution in [3.63, 3.8) is 0 Å². The lowest BCUT2D eigenvalue weighted by molar-refractivity contribution is 0.627. The minimum absolute atomic E-state index is 0.276. The molecule has 0 aliphatic carbocycles. The third kappa shape index (κ3) is 3.36. The van der Waals surface area contributed by atoms with Crippen molar-refractivity contribution in [2.24, 2.45) is 5.73 Å². The summed E-state index contributed by atoms with van der Waals surface area (Å²) in [6, 6.07) is 12.5. The van der Waals surface area contributed by atoms with E-state index < -0.39 is 0 Å². The van der Waals surface area contributed by atoms with Gasteiger partial charge in [-0.2, -0.15) is 0 Å². The maximum Gasteiger partial charge on any atom is 0.146 e. The Labute approximate surface area is 134 Å². The molecule has 0 fully saturated rings. The summed E-state index contributed by atoms with van der Waals surface area (Å²) in [5, 5.41) is 0. The Morgan fingerprint density at radius 2 is 1.86 bits per heavy atom. The van der Waals surface area contributed by atoms with Gasteiger partial charge >= 0.3 is 0 Å². The van der Waals surface area contributed by atoms with Crippen LogP contribution in [0.5, 0.6) is 0 Å². The number of hydrogen-bond acceptors (Lipinski definition) is 3. The molecular weight excluding hydrogens is 303 g/mol. The highest BCUT2D eigenvalue weighted by atomic mass is 32.2. The molecule has 0 heterocycles. The van der Waals surface area contributed by atoms with Gasteiger partial charge < -0.3 is 10.6 Å². The summed E-state index contributed by atoms with van der Waals surface area (Å²) in [5.74, 6) is 0.644. The summed E-state index contributed by atoms with van der Waals surface area (Å²) in [6.07, 6.45) is 0. The first-order valence-electron chi connectivity index (χ1n) is 6.60. The molecule has 0 atom stereocenters. The van der Waals surface area contributed by atoms with E-state index in [0.29, 0.717) is 10.7 Å². The number of nitrogens with two attached hydrogens (primary N) is 1. The van der Waals surface area contributed by atoms with Crippen molar-refractivity contribution in [3.8, 4) is 0 Å². The van der Waals surface area contributed by atoms with Crippen LogP contribution in [-0.4, -0.2) is 17.8 Å². The summed E-state index contributed by atoms with van der Waals surface area (Å²) in [7, 11) is 1.82. The Bertz CT molecular complexity index is 658. The van der Waals surface area contributed by atoms with E-state index >= 15 is 0 Å². The van der Waals surface area contributed by atoms with Gasteiger partial charge in [0.05, 0.1) is 11.4 Å². The van der Waals surface area contributed by atoms with Crippen molar-refractivity contribution in [2.45, 2.75) is 11.8 Å². The van der Waals surface area contributed by atoms with Gasteiger partial charge in [-0.1, -0.05) is 37.3 Å². The molecule has 21 heavy (non-hydrogen) atoms. The molecule has 0 aromatic heterocycles.